The van der Waals surface area contributed by atoms with E-state index in [-0.39, 0.29) is 0 Å². The Labute approximate surface area is 74.0 Å². The summed E-state index contributed by atoms with van der Waals surface area (Å²) in [6, 6.07) is 7.99. The summed E-state index contributed by atoms with van der Waals surface area (Å²) in [6.45, 7) is 0. The minimum absolute atomic E-state index is 0.578. The Balaban J connectivity index is 2.70. The van der Waals surface area contributed by atoms with Crippen LogP contribution in [0, 0.1) is 0 Å². The van der Waals surface area contributed by atoms with Gasteiger partial charge < -0.3 is 0 Å². The standard InChI is InChI=1S/C10H7FS/c11-6-5-8-7-12-10-4-2-1-3-9(8)10/h1-7H. The molecule has 0 bridgehead atoms. The van der Waals surface area contributed by atoms with Gasteiger partial charge in [-0.25, -0.2) is 4.39 Å². The molecule has 0 unspecified atom stereocenters. The van der Waals surface area contributed by atoms with Crippen LogP contribution in [0.2, 0.25) is 0 Å². The summed E-state index contributed by atoms with van der Waals surface area (Å²) in [6.07, 6.45) is 2.06. The number of thiophene rings is 1. The molecule has 0 radical (unpaired) electrons. The fraction of sp³-hybridized carbons (Fsp3) is 0. The quantitative estimate of drug-likeness (QED) is 0.622. The minimum Gasteiger partial charge on any atom is -0.216 e. The van der Waals surface area contributed by atoms with Gasteiger partial charge in [-0.1, -0.05) is 18.2 Å². The van der Waals surface area contributed by atoms with Gasteiger partial charge in [0, 0.05) is 4.70 Å². The molecule has 0 fully saturated rings. The molecule has 0 saturated carbocycles. The predicted octanol–water partition coefficient (Wildman–Crippen LogP) is 3.84. The van der Waals surface area contributed by atoms with Crippen molar-refractivity contribution in [2.45, 2.75) is 0 Å². The monoisotopic (exact) mass is 178 g/mol. The molecule has 60 valence electrons. The summed E-state index contributed by atoms with van der Waals surface area (Å²) in [5.41, 5.74) is 0.957. The molecule has 2 aromatic rings. The third kappa shape index (κ3) is 1.14. The number of benzene rings is 1. The largest absolute Gasteiger partial charge is 0.216 e. The Hall–Kier alpha value is -1.15. The Morgan fingerprint density at radius 3 is 2.92 bits per heavy atom. The number of fused-ring (bicyclic) bond motifs is 1. The molecule has 0 nitrogen and oxygen atoms in total. The van der Waals surface area contributed by atoms with Crippen molar-refractivity contribution in [2.75, 3.05) is 0 Å². The maximum atomic E-state index is 11.9. The van der Waals surface area contributed by atoms with E-state index in [1.807, 2.05) is 29.6 Å². The molecule has 1 heterocycles. The van der Waals surface area contributed by atoms with Crippen molar-refractivity contribution in [3.63, 3.8) is 0 Å². The number of halogens is 1. The SMILES string of the molecule is FC=Cc1csc2ccccc12. The molecular weight excluding hydrogens is 171 g/mol. The Morgan fingerprint density at radius 1 is 1.25 bits per heavy atom. The van der Waals surface area contributed by atoms with Crippen LogP contribution in [-0.2, 0) is 0 Å². The second-order valence-corrected chi connectivity index (χ2v) is 3.39. The zero-order valence-corrected chi connectivity index (χ0v) is 7.14. The van der Waals surface area contributed by atoms with Crippen LogP contribution < -0.4 is 0 Å². The first-order chi connectivity index (χ1) is 5.92. The first-order valence-corrected chi connectivity index (χ1v) is 4.53. The normalized spacial score (nSPS) is 11.4. The lowest BCUT2D eigenvalue weighted by Gasteiger charge is -1.88. The van der Waals surface area contributed by atoms with Gasteiger partial charge in [0.1, 0.15) is 0 Å². The molecule has 1 aromatic carbocycles. The summed E-state index contributed by atoms with van der Waals surface area (Å²) < 4.78 is 13.1. The van der Waals surface area contributed by atoms with Gasteiger partial charge in [-0.15, -0.1) is 11.3 Å². The molecule has 0 amide bonds. The van der Waals surface area contributed by atoms with Gasteiger partial charge in [0.05, 0.1) is 6.33 Å². The average Bonchev–Trinajstić information content (AvgIpc) is 2.50. The topological polar surface area (TPSA) is 0 Å². The Bertz CT molecular complexity index is 414. The predicted molar refractivity (Wildman–Crippen MR) is 52.0 cm³/mol. The fourth-order valence-corrected chi connectivity index (χ4v) is 2.12. The lowest BCUT2D eigenvalue weighted by molar-refractivity contribution is 0.727. The Kier molecular flexibility index (Phi) is 1.92. The number of hydrogen-bond donors (Lipinski definition) is 0. The van der Waals surface area contributed by atoms with Crippen LogP contribution in [0.15, 0.2) is 36.0 Å². The summed E-state index contributed by atoms with van der Waals surface area (Å²) >= 11 is 1.64. The highest BCUT2D eigenvalue weighted by Gasteiger charge is 1.98. The number of hydrogen-bond acceptors (Lipinski definition) is 1. The van der Waals surface area contributed by atoms with E-state index in [0.717, 1.165) is 10.9 Å². The van der Waals surface area contributed by atoms with Crippen LogP contribution in [0.3, 0.4) is 0 Å². The van der Waals surface area contributed by atoms with Gasteiger partial charge in [0.25, 0.3) is 0 Å². The van der Waals surface area contributed by atoms with E-state index < -0.39 is 0 Å². The van der Waals surface area contributed by atoms with E-state index in [2.05, 4.69) is 0 Å². The average molecular weight is 178 g/mol. The molecule has 0 N–H and O–H groups in total. The molecule has 0 atom stereocenters. The van der Waals surface area contributed by atoms with Gasteiger partial charge in [0.15, 0.2) is 0 Å². The lowest BCUT2D eigenvalue weighted by Crippen LogP contribution is -1.65. The molecule has 0 spiro atoms. The van der Waals surface area contributed by atoms with E-state index >= 15 is 0 Å². The molecule has 2 rings (SSSR count). The van der Waals surface area contributed by atoms with Crippen LogP contribution in [0.4, 0.5) is 4.39 Å². The number of rotatable bonds is 1. The molecule has 1 aromatic heterocycles. The van der Waals surface area contributed by atoms with E-state index in [4.69, 9.17) is 0 Å². The third-order valence-corrected chi connectivity index (χ3v) is 2.74. The maximum absolute atomic E-state index is 11.9. The highest BCUT2D eigenvalue weighted by atomic mass is 32.1. The lowest BCUT2D eigenvalue weighted by atomic mass is 10.2. The fourth-order valence-electron chi connectivity index (χ4n) is 1.20. The summed E-state index contributed by atoms with van der Waals surface area (Å²) in [7, 11) is 0. The van der Waals surface area contributed by atoms with Gasteiger partial charge in [-0.05, 0) is 28.5 Å². The Morgan fingerprint density at radius 2 is 2.08 bits per heavy atom. The van der Waals surface area contributed by atoms with Crippen molar-refractivity contribution in [3.8, 4) is 0 Å². The second-order valence-electron chi connectivity index (χ2n) is 2.48. The van der Waals surface area contributed by atoms with E-state index in [0.29, 0.717) is 6.33 Å². The summed E-state index contributed by atoms with van der Waals surface area (Å²) in [5.74, 6) is 0. The molecular formula is C10H7FS. The molecule has 0 aliphatic heterocycles. The smallest absolute Gasteiger partial charge is 0.0873 e. The van der Waals surface area contributed by atoms with Crippen molar-refractivity contribution in [2.24, 2.45) is 0 Å². The van der Waals surface area contributed by atoms with Crippen LogP contribution in [0.25, 0.3) is 16.2 Å². The first-order valence-electron chi connectivity index (χ1n) is 3.65. The molecule has 12 heavy (non-hydrogen) atoms. The summed E-state index contributed by atoms with van der Waals surface area (Å²) in [5, 5.41) is 3.08. The van der Waals surface area contributed by atoms with Crippen LogP contribution in [0.5, 0.6) is 0 Å². The van der Waals surface area contributed by atoms with Gasteiger partial charge in [-0.3, -0.25) is 0 Å². The second kappa shape index (κ2) is 3.07. The van der Waals surface area contributed by atoms with Crippen molar-refractivity contribution in [1.82, 2.24) is 0 Å². The van der Waals surface area contributed by atoms with E-state index in [1.165, 1.54) is 10.8 Å². The van der Waals surface area contributed by atoms with Crippen LogP contribution in [0.1, 0.15) is 5.56 Å². The van der Waals surface area contributed by atoms with Gasteiger partial charge in [0.2, 0.25) is 0 Å². The molecule has 2 heteroatoms. The zero-order chi connectivity index (χ0) is 8.39. The minimum atomic E-state index is 0.578. The van der Waals surface area contributed by atoms with Crippen molar-refractivity contribution in [1.29, 1.82) is 0 Å². The molecule has 0 aliphatic carbocycles. The zero-order valence-electron chi connectivity index (χ0n) is 6.33. The molecule has 0 aliphatic rings. The van der Waals surface area contributed by atoms with E-state index in [1.54, 1.807) is 11.3 Å². The maximum Gasteiger partial charge on any atom is 0.0873 e. The van der Waals surface area contributed by atoms with Gasteiger partial charge >= 0.3 is 0 Å². The first kappa shape index (κ1) is 7.50. The third-order valence-electron chi connectivity index (χ3n) is 1.75. The van der Waals surface area contributed by atoms with Crippen molar-refractivity contribution in [3.05, 3.63) is 41.5 Å². The van der Waals surface area contributed by atoms with Crippen LogP contribution in [-0.4, -0.2) is 0 Å². The molecule has 0 saturated heterocycles. The van der Waals surface area contributed by atoms with E-state index in [9.17, 15) is 4.39 Å². The van der Waals surface area contributed by atoms with Crippen molar-refractivity contribution >= 4 is 27.5 Å². The van der Waals surface area contributed by atoms with Gasteiger partial charge in [-0.2, -0.15) is 0 Å². The highest BCUT2D eigenvalue weighted by Crippen LogP contribution is 2.26. The van der Waals surface area contributed by atoms with Crippen LogP contribution >= 0.6 is 11.3 Å². The summed E-state index contributed by atoms with van der Waals surface area (Å²) in [4.78, 5) is 0. The van der Waals surface area contributed by atoms with Crippen molar-refractivity contribution < 1.29 is 4.39 Å². The highest BCUT2D eigenvalue weighted by molar-refractivity contribution is 7.17.